The molecular formula is C27H31BrN2O3. The third-order valence-electron chi connectivity index (χ3n) is 5.95. The van der Waals surface area contributed by atoms with E-state index >= 15 is 0 Å². The molecule has 3 aromatic rings. The molecule has 3 aromatic carbocycles. The Morgan fingerprint density at radius 1 is 1.03 bits per heavy atom. The maximum absolute atomic E-state index is 13.3. The normalized spacial score (nSPS) is 12.8. The first-order chi connectivity index (χ1) is 15.8. The minimum Gasteiger partial charge on any atom is -0.483 e. The molecule has 0 bridgehead atoms. The summed E-state index contributed by atoms with van der Waals surface area (Å²) in [5, 5.41) is 5.08. The molecule has 174 valence electrons. The van der Waals surface area contributed by atoms with E-state index in [-0.39, 0.29) is 24.5 Å². The van der Waals surface area contributed by atoms with E-state index in [9.17, 15) is 9.59 Å². The van der Waals surface area contributed by atoms with Crippen molar-refractivity contribution in [3.63, 3.8) is 0 Å². The van der Waals surface area contributed by atoms with Gasteiger partial charge in [0.1, 0.15) is 11.8 Å². The standard InChI is InChI=1S/C27H31BrN2O3/c1-5-19(3)29-27(32)20(4)30(16-22-12-7-6-10-18(22)2)25(31)17-33-24-15-14-21-11-8-9-13-23(21)26(24)28/h6-15,19-20H,5,16-17H2,1-4H3,(H,29,32)/t19-,20-/m0/s1. The molecule has 0 aliphatic carbocycles. The van der Waals surface area contributed by atoms with Crippen LogP contribution >= 0.6 is 15.9 Å². The van der Waals surface area contributed by atoms with Gasteiger partial charge in [0.2, 0.25) is 5.91 Å². The second kappa shape index (κ2) is 11.3. The Labute approximate surface area is 204 Å². The van der Waals surface area contributed by atoms with Crippen molar-refractivity contribution in [2.24, 2.45) is 0 Å². The Balaban J connectivity index is 1.80. The van der Waals surface area contributed by atoms with Gasteiger partial charge in [-0.15, -0.1) is 0 Å². The fourth-order valence-electron chi connectivity index (χ4n) is 3.57. The lowest BCUT2D eigenvalue weighted by atomic mass is 10.1. The number of nitrogens with one attached hydrogen (secondary N) is 1. The molecule has 33 heavy (non-hydrogen) atoms. The van der Waals surface area contributed by atoms with E-state index in [0.717, 1.165) is 32.8 Å². The lowest BCUT2D eigenvalue weighted by molar-refractivity contribution is -0.142. The summed E-state index contributed by atoms with van der Waals surface area (Å²) in [5.74, 6) is 0.179. The van der Waals surface area contributed by atoms with Crippen LogP contribution in [0.4, 0.5) is 0 Å². The number of nitrogens with zero attached hydrogens (tertiary/aromatic N) is 1. The van der Waals surface area contributed by atoms with E-state index in [2.05, 4.69) is 21.2 Å². The molecule has 0 aliphatic heterocycles. The summed E-state index contributed by atoms with van der Waals surface area (Å²) in [6.07, 6.45) is 0.823. The first-order valence-corrected chi connectivity index (χ1v) is 12.1. The van der Waals surface area contributed by atoms with Crippen molar-refractivity contribution in [1.82, 2.24) is 10.2 Å². The molecule has 0 heterocycles. The highest BCUT2D eigenvalue weighted by atomic mass is 79.9. The molecule has 0 saturated carbocycles. The minimum absolute atomic E-state index is 0.0418. The molecule has 2 atom stereocenters. The van der Waals surface area contributed by atoms with Gasteiger partial charge in [0.15, 0.2) is 6.61 Å². The quantitative estimate of drug-likeness (QED) is 0.406. The summed E-state index contributed by atoms with van der Waals surface area (Å²) in [6, 6.07) is 19.1. The highest BCUT2D eigenvalue weighted by molar-refractivity contribution is 9.10. The lowest BCUT2D eigenvalue weighted by Crippen LogP contribution is -2.50. The van der Waals surface area contributed by atoms with Crippen LogP contribution in [0.15, 0.2) is 65.1 Å². The number of amides is 2. The van der Waals surface area contributed by atoms with E-state index in [1.54, 1.807) is 11.8 Å². The van der Waals surface area contributed by atoms with Crippen LogP contribution in [-0.4, -0.2) is 35.4 Å². The van der Waals surface area contributed by atoms with Crippen LogP contribution in [0.3, 0.4) is 0 Å². The minimum atomic E-state index is -0.630. The van der Waals surface area contributed by atoms with Crippen molar-refractivity contribution in [2.45, 2.75) is 52.7 Å². The molecule has 6 heteroatoms. The van der Waals surface area contributed by atoms with Gasteiger partial charge in [-0.2, -0.15) is 0 Å². The van der Waals surface area contributed by atoms with E-state index in [1.807, 2.05) is 81.4 Å². The average Bonchev–Trinajstić information content (AvgIpc) is 2.82. The summed E-state index contributed by atoms with van der Waals surface area (Å²) < 4.78 is 6.72. The number of ether oxygens (including phenoxy) is 1. The topological polar surface area (TPSA) is 58.6 Å². The number of fused-ring (bicyclic) bond motifs is 1. The third-order valence-corrected chi connectivity index (χ3v) is 6.77. The molecule has 3 rings (SSSR count). The Morgan fingerprint density at radius 3 is 2.45 bits per heavy atom. The summed E-state index contributed by atoms with van der Waals surface area (Å²) in [4.78, 5) is 27.8. The van der Waals surface area contributed by atoms with Crippen LogP contribution in [0.2, 0.25) is 0 Å². The zero-order valence-electron chi connectivity index (χ0n) is 19.6. The molecule has 2 amide bonds. The monoisotopic (exact) mass is 510 g/mol. The smallest absolute Gasteiger partial charge is 0.261 e. The third kappa shape index (κ3) is 6.14. The molecule has 0 aliphatic rings. The van der Waals surface area contributed by atoms with Gasteiger partial charge >= 0.3 is 0 Å². The van der Waals surface area contributed by atoms with Crippen LogP contribution in [0.1, 0.15) is 38.3 Å². The van der Waals surface area contributed by atoms with Gasteiger partial charge in [-0.05, 0) is 71.1 Å². The molecule has 0 saturated heterocycles. The number of carbonyl (C=O) groups is 2. The Kier molecular flexibility index (Phi) is 8.50. The van der Waals surface area contributed by atoms with Crippen LogP contribution in [0.25, 0.3) is 10.8 Å². The Morgan fingerprint density at radius 2 is 1.73 bits per heavy atom. The summed E-state index contributed by atoms with van der Waals surface area (Å²) >= 11 is 3.61. The number of rotatable bonds is 9. The fourth-order valence-corrected chi connectivity index (χ4v) is 4.17. The van der Waals surface area contributed by atoms with E-state index in [4.69, 9.17) is 4.74 Å². The molecule has 5 nitrogen and oxygen atoms in total. The van der Waals surface area contributed by atoms with Gasteiger partial charge in [0.05, 0.1) is 4.47 Å². The van der Waals surface area contributed by atoms with E-state index in [1.165, 1.54) is 0 Å². The molecule has 0 radical (unpaired) electrons. The van der Waals surface area contributed by atoms with Crippen molar-refractivity contribution in [3.8, 4) is 5.75 Å². The number of aryl methyl sites for hydroxylation is 1. The number of carbonyl (C=O) groups excluding carboxylic acids is 2. The predicted octanol–water partition coefficient (Wildman–Crippen LogP) is 5.62. The van der Waals surface area contributed by atoms with Gasteiger partial charge < -0.3 is 15.0 Å². The van der Waals surface area contributed by atoms with Crippen LogP contribution in [0.5, 0.6) is 5.75 Å². The molecule has 0 unspecified atom stereocenters. The zero-order valence-corrected chi connectivity index (χ0v) is 21.2. The largest absolute Gasteiger partial charge is 0.483 e. The number of benzene rings is 3. The van der Waals surface area contributed by atoms with Gasteiger partial charge in [-0.1, -0.05) is 61.5 Å². The summed E-state index contributed by atoms with van der Waals surface area (Å²) in [6.45, 7) is 7.91. The van der Waals surface area contributed by atoms with Gasteiger partial charge in [-0.3, -0.25) is 9.59 Å². The summed E-state index contributed by atoms with van der Waals surface area (Å²) in [7, 11) is 0. The zero-order chi connectivity index (χ0) is 24.0. The second-order valence-electron chi connectivity index (χ2n) is 8.33. The lowest BCUT2D eigenvalue weighted by Gasteiger charge is -2.30. The number of halogens is 1. The second-order valence-corrected chi connectivity index (χ2v) is 9.12. The van der Waals surface area contributed by atoms with Crippen molar-refractivity contribution in [1.29, 1.82) is 0 Å². The van der Waals surface area contributed by atoms with Crippen LogP contribution in [0, 0.1) is 6.92 Å². The van der Waals surface area contributed by atoms with Gasteiger partial charge in [-0.25, -0.2) is 0 Å². The molecule has 0 fully saturated rings. The van der Waals surface area contributed by atoms with Crippen molar-refractivity contribution < 1.29 is 14.3 Å². The predicted molar refractivity (Wildman–Crippen MR) is 136 cm³/mol. The molecular weight excluding hydrogens is 480 g/mol. The number of hydrogen-bond donors (Lipinski definition) is 1. The van der Waals surface area contributed by atoms with Crippen molar-refractivity contribution in [2.75, 3.05) is 6.61 Å². The molecule has 0 aromatic heterocycles. The highest BCUT2D eigenvalue weighted by Crippen LogP contribution is 2.33. The van der Waals surface area contributed by atoms with E-state index < -0.39 is 6.04 Å². The Bertz CT molecular complexity index is 1130. The first-order valence-electron chi connectivity index (χ1n) is 11.3. The first kappa shape index (κ1) is 24.8. The van der Waals surface area contributed by atoms with E-state index in [0.29, 0.717) is 12.3 Å². The Hall–Kier alpha value is -2.86. The van der Waals surface area contributed by atoms with Gasteiger partial charge in [0.25, 0.3) is 5.91 Å². The maximum Gasteiger partial charge on any atom is 0.261 e. The van der Waals surface area contributed by atoms with Crippen molar-refractivity contribution in [3.05, 3.63) is 76.3 Å². The number of hydrogen-bond acceptors (Lipinski definition) is 3. The summed E-state index contributed by atoms with van der Waals surface area (Å²) in [5.41, 5.74) is 2.07. The molecule has 0 spiro atoms. The average molecular weight is 511 g/mol. The maximum atomic E-state index is 13.3. The fraction of sp³-hybridized carbons (Fsp3) is 0.333. The van der Waals surface area contributed by atoms with Crippen LogP contribution in [-0.2, 0) is 16.1 Å². The van der Waals surface area contributed by atoms with Crippen molar-refractivity contribution >= 4 is 38.5 Å². The van der Waals surface area contributed by atoms with Gasteiger partial charge in [0, 0.05) is 12.6 Å². The highest BCUT2D eigenvalue weighted by Gasteiger charge is 2.27. The SMILES string of the molecule is CC[C@H](C)NC(=O)[C@H](C)N(Cc1ccccc1C)C(=O)COc1ccc2ccccc2c1Br. The van der Waals surface area contributed by atoms with Crippen LogP contribution < -0.4 is 10.1 Å². The molecule has 1 N–H and O–H groups in total.